The first-order chi connectivity index (χ1) is 12.3. The van der Waals surface area contributed by atoms with Crippen LogP contribution >= 0.6 is 0 Å². The van der Waals surface area contributed by atoms with Crippen LogP contribution in [0.3, 0.4) is 0 Å². The average molecular weight is 346 g/mol. The number of ether oxygens (including phenoxy) is 2. The Hall–Kier alpha value is -1.83. The Bertz CT molecular complexity index is 639. The molecule has 25 heavy (non-hydrogen) atoms. The van der Waals surface area contributed by atoms with E-state index in [0.29, 0.717) is 19.3 Å². The van der Waals surface area contributed by atoms with Crippen molar-refractivity contribution in [2.24, 2.45) is 5.92 Å². The molecule has 0 aromatic heterocycles. The normalized spacial score (nSPS) is 28.9. The number of carbonyl (C=O) groups excluding carboxylic acids is 1. The summed E-state index contributed by atoms with van der Waals surface area (Å²) in [6.07, 6.45) is 1.86. The van der Waals surface area contributed by atoms with Gasteiger partial charge in [-0.15, -0.1) is 0 Å². The van der Waals surface area contributed by atoms with Crippen molar-refractivity contribution in [1.29, 1.82) is 0 Å². The molecule has 0 saturated carbocycles. The van der Waals surface area contributed by atoms with Crippen molar-refractivity contribution in [3.63, 3.8) is 0 Å². The summed E-state index contributed by atoms with van der Waals surface area (Å²) in [6, 6.07) is 6.03. The lowest BCUT2D eigenvalue weighted by molar-refractivity contribution is -0.124. The highest BCUT2D eigenvalue weighted by Crippen LogP contribution is 2.33. The van der Waals surface area contributed by atoms with Gasteiger partial charge in [0.15, 0.2) is 11.5 Å². The minimum atomic E-state index is -0.205. The fraction of sp³-hybridized carbons (Fsp3) is 0.611. The van der Waals surface area contributed by atoms with Gasteiger partial charge in [-0.2, -0.15) is 0 Å². The van der Waals surface area contributed by atoms with Crippen molar-refractivity contribution in [3.05, 3.63) is 23.8 Å². The number of piperidine rings is 1. The fourth-order valence-corrected chi connectivity index (χ4v) is 3.94. The number of benzene rings is 1. The van der Waals surface area contributed by atoms with Crippen LogP contribution in [0.2, 0.25) is 0 Å². The summed E-state index contributed by atoms with van der Waals surface area (Å²) in [7, 11) is 0. The van der Waals surface area contributed by atoms with E-state index >= 15 is 0 Å². The van der Waals surface area contributed by atoms with Crippen molar-refractivity contribution in [2.45, 2.75) is 37.9 Å². The van der Waals surface area contributed by atoms with Crippen LogP contribution in [0, 0.1) is 5.92 Å². The quantitative estimate of drug-likeness (QED) is 0.635. The maximum Gasteiger partial charge on any atom is 0.239 e. The zero-order valence-corrected chi connectivity index (χ0v) is 14.5. The van der Waals surface area contributed by atoms with E-state index in [0.717, 1.165) is 43.0 Å². The lowest BCUT2D eigenvalue weighted by Crippen LogP contribution is -2.49. The second kappa shape index (κ2) is 7.19. The van der Waals surface area contributed by atoms with Crippen molar-refractivity contribution >= 4 is 5.91 Å². The Kier molecular flexibility index (Phi) is 4.78. The highest BCUT2D eigenvalue weighted by atomic mass is 16.6. The zero-order chi connectivity index (χ0) is 17.2. The van der Waals surface area contributed by atoms with E-state index in [-0.39, 0.29) is 23.9 Å². The number of rotatable bonds is 4. The maximum atomic E-state index is 12.8. The van der Waals surface area contributed by atoms with Gasteiger partial charge >= 0.3 is 0 Å². The van der Waals surface area contributed by atoms with Crippen LogP contribution < -0.4 is 31.0 Å². The Balaban J connectivity index is 1.45. The first-order valence-corrected chi connectivity index (χ1v) is 9.18. The molecule has 0 spiro atoms. The first kappa shape index (κ1) is 16.6. The summed E-state index contributed by atoms with van der Waals surface area (Å²) < 4.78 is 11.2. The second-order valence-corrected chi connectivity index (χ2v) is 6.90. The topological polar surface area (TPSA) is 83.7 Å². The van der Waals surface area contributed by atoms with Crippen molar-refractivity contribution in [3.8, 4) is 11.5 Å². The molecule has 0 radical (unpaired) electrons. The highest BCUT2D eigenvalue weighted by molar-refractivity contribution is 5.83. The SMILES string of the molecule is CCC(NC(=O)C1NNC2CCNCC21)c1ccc2c(c1)OCCO2. The summed E-state index contributed by atoms with van der Waals surface area (Å²) in [4.78, 5) is 12.8. The standard InChI is InChI=1S/C18H26N4O3/c1-2-13(11-3-4-15-16(9-11)25-8-7-24-15)20-18(23)17-12-10-19-6-5-14(12)21-22-17/h3-4,9,12-14,17,19,21-22H,2,5-8,10H2,1H3,(H,20,23). The van der Waals surface area contributed by atoms with Gasteiger partial charge in [0.2, 0.25) is 5.91 Å². The molecule has 2 fully saturated rings. The van der Waals surface area contributed by atoms with E-state index in [1.807, 2.05) is 18.2 Å². The molecule has 3 aliphatic heterocycles. The highest BCUT2D eigenvalue weighted by Gasteiger charge is 2.41. The molecule has 7 heteroatoms. The minimum absolute atomic E-state index is 0.0410. The van der Waals surface area contributed by atoms with Gasteiger partial charge in [-0.3, -0.25) is 10.2 Å². The summed E-state index contributed by atoms with van der Waals surface area (Å²) in [6.45, 7) is 5.08. The Labute approximate surface area is 147 Å². The molecule has 4 unspecified atom stereocenters. The van der Waals surface area contributed by atoms with Gasteiger partial charge in [-0.25, -0.2) is 5.43 Å². The third-order valence-electron chi connectivity index (χ3n) is 5.36. The Morgan fingerprint density at radius 3 is 2.96 bits per heavy atom. The Morgan fingerprint density at radius 2 is 2.12 bits per heavy atom. The van der Waals surface area contributed by atoms with Crippen LogP contribution in [0.25, 0.3) is 0 Å². The van der Waals surface area contributed by atoms with Gasteiger partial charge < -0.3 is 20.1 Å². The molecular weight excluding hydrogens is 320 g/mol. The average Bonchev–Trinajstić information content (AvgIpc) is 3.10. The number of amides is 1. The van der Waals surface area contributed by atoms with Crippen LogP contribution in [-0.2, 0) is 4.79 Å². The Morgan fingerprint density at radius 1 is 1.28 bits per heavy atom. The van der Waals surface area contributed by atoms with Crippen LogP contribution in [0.15, 0.2) is 18.2 Å². The summed E-state index contributed by atoms with van der Waals surface area (Å²) in [5.74, 6) is 1.86. The van der Waals surface area contributed by atoms with Gasteiger partial charge in [0.1, 0.15) is 19.3 Å². The molecular formula is C18H26N4O3. The molecule has 3 heterocycles. The largest absolute Gasteiger partial charge is 0.486 e. The van der Waals surface area contributed by atoms with E-state index in [1.54, 1.807) is 0 Å². The number of hydrazine groups is 1. The molecule has 0 bridgehead atoms. The summed E-state index contributed by atoms with van der Waals surface area (Å²) in [5, 5.41) is 6.58. The molecule has 1 aromatic rings. The van der Waals surface area contributed by atoms with Crippen molar-refractivity contribution in [2.75, 3.05) is 26.3 Å². The molecule has 0 aliphatic carbocycles. The van der Waals surface area contributed by atoms with Crippen molar-refractivity contribution < 1.29 is 14.3 Å². The van der Waals surface area contributed by atoms with E-state index in [4.69, 9.17) is 9.47 Å². The van der Waals surface area contributed by atoms with Gasteiger partial charge in [0.05, 0.1) is 6.04 Å². The zero-order valence-electron chi connectivity index (χ0n) is 14.5. The molecule has 1 aromatic carbocycles. The van der Waals surface area contributed by atoms with Crippen molar-refractivity contribution in [1.82, 2.24) is 21.5 Å². The van der Waals surface area contributed by atoms with E-state index < -0.39 is 0 Å². The molecule has 1 amide bonds. The van der Waals surface area contributed by atoms with Gasteiger partial charge in [0, 0.05) is 18.5 Å². The van der Waals surface area contributed by atoms with Crippen LogP contribution in [0.1, 0.15) is 31.4 Å². The maximum absolute atomic E-state index is 12.8. The van der Waals surface area contributed by atoms with Gasteiger partial charge in [-0.1, -0.05) is 13.0 Å². The third-order valence-corrected chi connectivity index (χ3v) is 5.36. The monoisotopic (exact) mass is 346 g/mol. The predicted molar refractivity (Wildman–Crippen MR) is 93.4 cm³/mol. The van der Waals surface area contributed by atoms with Gasteiger partial charge in [0.25, 0.3) is 0 Å². The number of hydrogen-bond donors (Lipinski definition) is 4. The second-order valence-electron chi connectivity index (χ2n) is 6.90. The van der Waals surface area contributed by atoms with E-state index in [1.165, 1.54) is 0 Å². The third kappa shape index (κ3) is 3.31. The molecule has 4 rings (SSSR count). The lowest BCUT2D eigenvalue weighted by atomic mass is 9.89. The van der Waals surface area contributed by atoms with Gasteiger partial charge in [-0.05, 0) is 37.1 Å². The smallest absolute Gasteiger partial charge is 0.239 e. The first-order valence-electron chi connectivity index (χ1n) is 9.18. The molecule has 3 aliphatic rings. The number of nitrogens with one attached hydrogen (secondary N) is 4. The summed E-state index contributed by atoms with van der Waals surface area (Å²) in [5.41, 5.74) is 7.50. The van der Waals surface area contributed by atoms with E-state index in [2.05, 4.69) is 28.4 Å². The summed E-state index contributed by atoms with van der Waals surface area (Å²) >= 11 is 0. The molecule has 2 saturated heterocycles. The minimum Gasteiger partial charge on any atom is -0.486 e. The predicted octanol–water partition coefficient (Wildman–Crippen LogP) is 0.480. The van der Waals surface area contributed by atoms with Crippen LogP contribution in [-0.4, -0.2) is 44.3 Å². The fourth-order valence-electron chi connectivity index (χ4n) is 3.94. The van der Waals surface area contributed by atoms with Crippen LogP contribution in [0.4, 0.5) is 0 Å². The number of hydrogen-bond acceptors (Lipinski definition) is 6. The molecule has 136 valence electrons. The lowest BCUT2D eigenvalue weighted by Gasteiger charge is -2.28. The number of fused-ring (bicyclic) bond motifs is 2. The molecule has 7 nitrogen and oxygen atoms in total. The number of carbonyl (C=O) groups is 1. The molecule has 4 N–H and O–H groups in total. The molecule has 4 atom stereocenters. The van der Waals surface area contributed by atoms with E-state index in [9.17, 15) is 4.79 Å². The van der Waals surface area contributed by atoms with Crippen LogP contribution in [0.5, 0.6) is 11.5 Å².